The van der Waals surface area contributed by atoms with Crippen LogP contribution in [-0.2, 0) is 0 Å². The van der Waals surface area contributed by atoms with Crippen LogP contribution in [0.3, 0.4) is 0 Å². The van der Waals surface area contributed by atoms with Crippen molar-refractivity contribution in [2.45, 2.75) is 13.8 Å². The minimum atomic E-state index is -0.283. The summed E-state index contributed by atoms with van der Waals surface area (Å²) < 4.78 is 0.968. The fourth-order valence-electron chi connectivity index (χ4n) is 1.98. The van der Waals surface area contributed by atoms with Gasteiger partial charge in [0, 0.05) is 15.7 Å². The molecule has 0 saturated heterocycles. The lowest BCUT2D eigenvalue weighted by Gasteiger charge is -2.12. The number of phenolic OH excluding ortho intramolecular Hbond substituents is 1. The lowest BCUT2D eigenvalue weighted by atomic mass is 10.1. The maximum atomic E-state index is 12.2. The quantitative estimate of drug-likeness (QED) is 0.580. The summed E-state index contributed by atoms with van der Waals surface area (Å²) in [5, 5.41) is 12.4. The standard InChI is InChI=1S/C15H15BrN2O2/c1-8-5-11(16)6-9(2)14(8)18-15(20)10-3-4-12(17)13(19)7-10/h3-7,19H,17H2,1-2H3,(H,18,20). The SMILES string of the molecule is Cc1cc(Br)cc(C)c1NC(=O)c1ccc(N)c(O)c1. The molecule has 5 heteroatoms. The van der Waals surface area contributed by atoms with Crippen LogP contribution >= 0.6 is 15.9 Å². The zero-order chi connectivity index (χ0) is 14.9. The zero-order valence-electron chi connectivity index (χ0n) is 11.2. The number of rotatable bonds is 2. The van der Waals surface area contributed by atoms with Crippen LogP contribution in [0.4, 0.5) is 11.4 Å². The maximum absolute atomic E-state index is 12.2. The molecule has 0 heterocycles. The second-order valence-electron chi connectivity index (χ2n) is 4.64. The van der Waals surface area contributed by atoms with Gasteiger partial charge in [0.2, 0.25) is 0 Å². The third-order valence-corrected chi connectivity index (χ3v) is 3.49. The Balaban J connectivity index is 2.30. The van der Waals surface area contributed by atoms with Gasteiger partial charge in [-0.2, -0.15) is 0 Å². The second kappa shape index (κ2) is 5.54. The molecule has 0 aliphatic rings. The van der Waals surface area contributed by atoms with Crippen molar-refractivity contribution >= 4 is 33.2 Å². The Hall–Kier alpha value is -2.01. The molecule has 0 aromatic heterocycles. The summed E-state index contributed by atoms with van der Waals surface area (Å²) in [4.78, 5) is 12.2. The summed E-state index contributed by atoms with van der Waals surface area (Å²) in [7, 11) is 0. The average molecular weight is 335 g/mol. The van der Waals surface area contributed by atoms with Crippen molar-refractivity contribution in [1.82, 2.24) is 0 Å². The Kier molecular flexibility index (Phi) is 3.99. The third-order valence-electron chi connectivity index (χ3n) is 3.03. The van der Waals surface area contributed by atoms with Gasteiger partial charge < -0.3 is 16.2 Å². The van der Waals surface area contributed by atoms with E-state index >= 15 is 0 Å². The highest BCUT2D eigenvalue weighted by Gasteiger charge is 2.12. The van der Waals surface area contributed by atoms with E-state index in [1.54, 1.807) is 6.07 Å². The van der Waals surface area contributed by atoms with Crippen LogP contribution in [0.2, 0.25) is 0 Å². The van der Waals surface area contributed by atoms with Crippen molar-refractivity contribution < 1.29 is 9.90 Å². The topological polar surface area (TPSA) is 75.4 Å². The van der Waals surface area contributed by atoms with Gasteiger partial charge in [0.15, 0.2) is 0 Å². The summed E-state index contributed by atoms with van der Waals surface area (Å²) in [6.45, 7) is 3.85. The number of aryl methyl sites for hydroxylation is 2. The fourth-order valence-corrected chi connectivity index (χ4v) is 2.67. The van der Waals surface area contributed by atoms with Crippen LogP contribution in [0.5, 0.6) is 5.75 Å². The Labute approximate surface area is 125 Å². The molecule has 104 valence electrons. The van der Waals surface area contributed by atoms with E-state index in [4.69, 9.17) is 5.73 Å². The van der Waals surface area contributed by atoms with Gasteiger partial charge in [-0.25, -0.2) is 0 Å². The number of phenols is 1. The maximum Gasteiger partial charge on any atom is 0.255 e. The lowest BCUT2D eigenvalue weighted by Crippen LogP contribution is -2.14. The molecule has 1 amide bonds. The number of nitrogen functional groups attached to an aromatic ring is 1. The van der Waals surface area contributed by atoms with Crippen molar-refractivity contribution in [3.8, 4) is 5.75 Å². The molecule has 4 nitrogen and oxygen atoms in total. The molecule has 0 spiro atoms. The van der Waals surface area contributed by atoms with E-state index in [-0.39, 0.29) is 17.3 Å². The molecule has 0 saturated carbocycles. The Morgan fingerprint density at radius 3 is 2.35 bits per heavy atom. The summed E-state index contributed by atoms with van der Waals surface area (Å²) in [5.74, 6) is -0.379. The van der Waals surface area contributed by atoms with E-state index in [1.165, 1.54) is 12.1 Å². The number of halogens is 1. The Morgan fingerprint density at radius 1 is 1.20 bits per heavy atom. The number of aromatic hydroxyl groups is 1. The molecular formula is C15H15BrN2O2. The molecule has 0 atom stereocenters. The van der Waals surface area contributed by atoms with Crippen LogP contribution in [-0.4, -0.2) is 11.0 Å². The number of nitrogens with two attached hydrogens (primary N) is 1. The molecule has 2 rings (SSSR count). The lowest BCUT2D eigenvalue weighted by molar-refractivity contribution is 0.102. The van der Waals surface area contributed by atoms with Gasteiger partial charge in [0.25, 0.3) is 5.91 Å². The first-order chi connectivity index (χ1) is 9.38. The highest BCUT2D eigenvalue weighted by atomic mass is 79.9. The zero-order valence-corrected chi connectivity index (χ0v) is 12.8. The highest BCUT2D eigenvalue weighted by Crippen LogP contribution is 2.26. The van der Waals surface area contributed by atoms with Gasteiger partial charge in [-0.3, -0.25) is 4.79 Å². The molecule has 0 radical (unpaired) electrons. The number of benzene rings is 2. The molecule has 0 fully saturated rings. The Bertz CT molecular complexity index is 661. The molecule has 2 aromatic carbocycles. The summed E-state index contributed by atoms with van der Waals surface area (Å²) in [6.07, 6.45) is 0. The summed E-state index contributed by atoms with van der Waals surface area (Å²) in [5.41, 5.74) is 8.83. The first-order valence-corrected chi connectivity index (χ1v) is 6.84. The van der Waals surface area contributed by atoms with E-state index in [9.17, 15) is 9.90 Å². The van der Waals surface area contributed by atoms with Gasteiger partial charge in [0.05, 0.1) is 5.69 Å². The summed E-state index contributed by atoms with van der Waals surface area (Å²) in [6, 6.07) is 8.31. The van der Waals surface area contributed by atoms with Crippen molar-refractivity contribution in [1.29, 1.82) is 0 Å². The van der Waals surface area contributed by atoms with Crippen LogP contribution in [0, 0.1) is 13.8 Å². The monoisotopic (exact) mass is 334 g/mol. The largest absolute Gasteiger partial charge is 0.506 e. The molecule has 0 aliphatic heterocycles. The first-order valence-electron chi connectivity index (χ1n) is 6.05. The number of nitrogens with one attached hydrogen (secondary N) is 1. The van der Waals surface area contributed by atoms with Crippen molar-refractivity contribution in [2.24, 2.45) is 0 Å². The van der Waals surface area contributed by atoms with Crippen molar-refractivity contribution in [3.05, 3.63) is 51.5 Å². The number of carbonyl (C=O) groups is 1. The molecular weight excluding hydrogens is 320 g/mol. The number of anilines is 2. The number of amides is 1. The number of carbonyl (C=O) groups excluding carboxylic acids is 1. The predicted molar refractivity (Wildman–Crippen MR) is 84.1 cm³/mol. The minimum Gasteiger partial charge on any atom is -0.506 e. The summed E-state index contributed by atoms with van der Waals surface area (Å²) >= 11 is 3.42. The van der Waals surface area contributed by atoms with E-state index in [1.807, 2.05) is 26.0 Å². The van der Waals surface area contributed by atoms with E-state index in [0.717, 1.165) is 21.3 Å². The minimum absolute atomic E-state index is 0.0955. The van der Waals surface area contributed by atoms with E-state index in [0.29, 0.717) is 5.56 Å². The number of hydrogen-bond acceptors (Lipinski definition) is 3. The van der Waals surface area contributed by atoms with E-state index in [2.05, 4.69) is 21.2 Å². The molecule has 2 aromatic rings. The van der Waals surface area contributed by atoms with Crippen LogP contribution in [0.1, 0.15) is 21.5 Å². The van der Waals surface area contributed by atoms with Crippen molar-refractivity contribution in [3.63, 3.8) is 0 Å². The smallest absolute Gasteiger partial charge is 0.255 e. The van der Waals surface area contributed by atoms with Crippen LogP contribution < -0.4 is 11.1 Å². The Morgan fingerprint density at radius 2 is 1.80 bits per heavy atom. The average Bonchev–Trinajstić information content (AvgIpc) is 2.36. The molecule has 20 heavy (non-hydrogen) atoms. The van der Waals surface area contributed by atoms with Gasteiger partial charge in [-0.1, -0.05) is 15.9 Å². The molecule has 0 bridgehead atoms. The molecule has 0 unspecified atom stereocenters. The van der Waals surface area contributed by atoms with Gasteiger partial charge in [0.1, 0.15) is 5.75 Å². The third kappa shape index (κ3) is 2.93. The number of hydrogen-bond donors (Lipinski definition) is 3. The van der Waals surface area contributed by atoms with Crippen molar-refractivity contribution in [2.75, 3.05) is 11.1 Å². The molecule has 4 N–H and O–H groups in total. The van der Waals surface area contributed by atoms with Crippen LogP contribution in [0.15, 0.2) is 34.8 Å². The van der Waals surface area contributed by atoms with Crippen LogP contribution in [0.25, 0.3) is 0 Å². The second-order valence-corrected chi connectivity index (χ2v) is 5.56. The van der Waals surface area contributed by atoms with Gasteiger partial charge in [-0.05, 0) is 55.3 Å². The highest BCUT2D eigenvalue weighted by molar-refractivity contribution is 9.10. The fraction of sp³-hybridized carbons (Fsp3) is 0.133. The van der Waals surface area contributed by atoms with E-state index < -0.39 is 0 Å². The predicted octanol–water partition coefficient (Wildman–Crippen LogP) is 3.61. The normalized spacial score (nSPS) is 10.3. The molecule has 0 aliphatic carbocycles. The van der Waals surface area contributed by atoms with Gasteiger partial charge >= 0.3 is 0 Å². The van der Waals surface area contributed by atoms with Gasteiger partial charge in [-0.15, -0.1) is 0 Å². The first kappa shape index (κ1) is 14.4.